The molecule has 1 atom stereocenters. The van der Waals surface area contributed by atoms with Gasteiger partial charge in [-0.2, -0.15) is 0 Å². The Morgan fingerprint density at radius 1 is 1.38 bits per heavy atom. The minimum absolute atomic E-state index is 0.0466. The summed E-state index contributed by atoms with van der Waals surface area (Å²) in [6, 6.07) is 5.87. The number of aliphatic hydroxyl groups is 1. The van der Waals surface area contributed by atoms with Crippen molar-refractivity contribution in [2.45, 2.75) is 18.9 Å². The van der Waals surface area contributed by atoms with E-state index in [2.05, 4.69) is 0 Å². The molecule has 0 bridgehead atoms. The van der Waals surface area contributed by atoms with Gasteiger partial charge in [0.2, 0.25) is 6.79 Å². The molecule has 2 rings (SSSR count). The first-order chi connectivity index (χ1) is 7.83. The molecule has 1 aromatic rings. The van der Waals surface area contributed by atoms with Crippen molar-refractivity contribution in [1.82, 2.24) is 0 Å². The molecule has 0 saturated heterocycles. The third-order valence-corrected chi connectivity index (χ3v) is 2.68. The van der Waals surface area contributed by atoms with Crippen LogP contribution in [0.2, 0.25) is 0 Å². The molecule has 1 unspecified atom stereocenters. The van der Waals surface area contributed by atoms with E-state index in [0.717, 1.165) is 23.5 Å². The van der Waals surface area contributed by atoms with Gasteiger partial charge >= 0.3 is 0 Å². The average Bonchev–Trinajstić information content (AvgIpc) is 2.75. The average molecular weight is 224 g/mol. The monoisotopic (exact) mass is 224 g/mol. The second-order valence-electron chi connectivity index (χ2n) is 3.76. The van der Waals surface area contributed by atoms with Crippen LogP contribution in [0.1, 0.15) is 12.0 Å². The summed E-state index contributed by atoms with van der Waals surface area (Å²) in [6.07, 6.45) is 1.46. The van der Waals surface area contributed by atoms with Crippen LogP contribution < -0.4 is 9.47 Å². The Morgan fingerprint density at radius 3 is 2.94 bits per heavy atom. The molecule has 16 heavy (non-hydrogen) atoms. The SMILES string of the molecule is COC(CCO)Cc1ccc2c(c1)OCO2. The summed E-state index contributed by atoms with van der Waals surface area (Å²) in [7, 11) is 1.66. The molecular formula is C12H16O4. The lowest BCUT2D eigenvalue weighted by Crippen LogP contribution is -2.15. The molecule has 0 saturated carbocycles. The van der Waals surface area contributed by atoms with E-state index in [-0.39, 0.29) is 12.7 Å². The fraction of sp³-hybridized carbons (Fsp3) is 0.500. The van der Waals surface area contributed by atoms with Gasteiger partial charge in [-0.3, -0.25) is 0 Å². The topological polar surface area (TPSA) is 47.9 Å². The van der Waals surface area contributed by atoms with Crippen LogP contribution in [-0.2, 0) is 11.2 Å². The maximum Gasteiger partial charge on any atom is 0.231 e. The molecule has 88 valence electrons. The van der Waals surface area contributed by atoms with Gasteiger partial charge in [-0.05, 0) is 30.5 Å². The number of aliphatic hydroxyl groups excluding tert-OH is 1. The fourth-order valence-corrected chi connectivity index (χ4v) is 1.78. The first-order valence-electron chi connectivity index (χ1n) is 5.35. The Balaban J connectivity index is 2.04. The van der Waals surface area contributed by atoms with Gasteiger partial charge in [-0.25, -0.2) is 0 Å². The summed E-state index contributed by atoms with van der Waals surface area (Å²) < 4.78 is 15.8. The predicted octanol–water partition coefficient (Wildman–Crippen LogP) is 1.36. The van der Waals surface area contributed by atoms with E-state index >= 15 is 0 Å². The van der Waals surface area contributed by atoms with Gasteiger partial charge in [-0.1, -0.05) is 6.07 Å². The van der Waals surface area contributed by atoms with Crippen LogP contribution in [0.3, 0.4) is 0 Å². The van der Waals surface area contributed by atoms with E-state index in [1.807, 2.05) is 18.2 Å². The van der Waals surface area contributed by atoms with Crippen LogP contribution in [0.4, 0.5) is 0 Å². The molecule has 4 nitrogen and oxygen atoms in total. The Morgan fingerprint density at radius 2 is 2.19 bits per heavy atom. The molecule has 0 radical (unpaired) electrons. The minimum atomic E-state index is 0.0466. The number of methoxy groups -OCH3 is 1. The number of fused-ring (bicyclic) bond motifs is 1. The molecule has 1 aromatic carbocycles. The van der Waals surface area contributed by atoms with Crippen molar-refractivity contribution in [3.8, 4) is 11.5 Å². The van der Waals surface area contributed by atoms with Gasteiger partial charge < -0.3 is 19.3 Å². The highest BCUT2D eigenvalue weighted by Crippen LogP contribution is 2.32. The summed E-state index contributed by atoms with van der Waals surface area (Å²) in [5, 5.41) is 8.88. The second-order valence-corrected chi connectivity index (χ2v) is 3.76. The molecular weight excluding hydrogens is 208 g/mol. The van der Waals surface area contributed by atoms with Gasteiger partial charge in [0.05, 0.1) is 6.10 Å². The molecule has 0 fully saturated rings. The van der Waals surface area contributed by atoms with Crippen LogP contribution in [0.25, 0.3) is 0 Å². The van der Waals surface area contributed by atoms with Gasteiger partial charge in [0.1, 0.15) is 0 Å². The summed E-state index contributed by atoms with van der Waals surface area (Å²) in [4.78, 5) is 0. The zero-order chi connectivity index (χ0) is 11.4. The van der Waals surface area contributed by atoms with Crippen molar-refractivity contribution in [1.29, 1.82) is 0 Å². The highest BCUT2D eigenvalue weighted by Gasteiger charge is 2.15. The molecule has 1 N–H and O–H groups in total. The molecule has 1 aliphatic heterocycles. The van der Waals surface area contributed by atoms with E-state index in [9.17, 15) is 0 Å². The second kappa shape index (κ2) is 5.18. The lowest BCUT2D eigenvalue weighted by molar-refractivity contribution is 0.0779. The van der Waals surface area contributed by atoms with Crippen LogP contribution in [0.15, 0.2) is 18.2 Å². The van der Waals surface area contributed by atoms with Crippen molar-refractivity contribution in [3.63, 3.8) is 0 Å². The van der Waals surface area contributed by atoms with Gasteiger partial charge in [0, 0.05) is 13.7 Å². The third kappa shape index (κ3) is 2.46. The highest BCUT2D eigenvalue weighted by atomic mass is 16.7. The smallest absolute Gasteiger partial charge is 0.231 e. The maximum absolute atomic E-state index is 8.88. The van der Waals surface area contributed by atoms with Gasteiger partial charge in [-0.15, -0.1) is 0 Å². The molecule has 0 amide bonds. The van der Waals surface area contributed by atoms with E-state index in [0.29, 0.717) is 13.2 Å². The quantitative estimate of drug-likeness (QED) is 0.820. The van der Waals surface area contributed by atoms with E-state index in [4.69, 9.17) is 19.3 Å². The summed E-state index contributed by atoms with van der Waals surface area (Å²) in [5.74, 6) is 1.58. The predicted molar refractivity (Wildman–Crippen MR) is 58.8 cm³/mol. The molecule has 0 aliphatic carbocycles. The van der Waals surface area contributed by atoms with Crippen LogP contribution in [-0.4, -0.2) is 31.7 Å². The van der Waals surface area contributed by atoms with Crippen molar-refractivity contribution in [2.24, 2.45) is 0 Å². The first-order valence-corrected chi connectivity index (χ1v) is 5.35. The summed E-state index contributed by atoms with van der Waals surface area (Å²) in [6.45, 7) is 0.437. The lowest BCUT2D eigenvalue weighted by Gasteiger charge is -2.14. The number of hydrogen-bond donors (Lipinski definition) is 1. The molecule has 4 heteroatoms. The Labute approximate surface area is 94.8 Å². The van der Waals surface area contributed by atoms with Crippen LogP contribution >= 0.6 is 0 Å². The maximum atomic E-state index is 8.88. The fourth-order valence-electron chi connectivity index (χ4n) is 1.78. The molecule has 1 heterocycles. The number of benzene rings is 1. The largest absolute Gasteiger partial charge is 0.454 e. The van der Waals surface area contributed by atoms with E-state index in [1.165, 1.54) is 0 Å². The Hall–Kier alpha value is -1.26. The van der Waals surface area contributed by atoms with Crippen molar-refractivity contribution < 1.29 is 19.3 Å². The number of hydrogen-bond acceptors (Lipinski definition) is 4. The summed E-state index contributed by atoms with van der Waals surface area (Å²) in [5.41, 5.74) is 1.13. The van der Waals surface area contributed by atoms with E-state index < -0.39 is 0 Å². The third-order valence-electron chi connectivity index (χ3n) is 2.68. The zero-order valence-electron chi connectivity index (χ0n) is 9.31. The molecule has 1 aliphatic rings. The highest BCUT2D eigenvalue weighted by molar-refractivity contribution is 5.44. The number of ether oxygens (including phenoxy) is 3. The Bertz CT molecular complexity index is 351. The lowest BCUT2D eigenvalue weighted by atomic mass is 10.1. The minimum Gasteiger partial charge on any atom is -0.454 e. The van der Waals surface area contributed by atoms with E-state index in [1.54, 1.807) is 7.11 Å². The van der Waals surface area contributed by atoms with Crippen molar-refractivity contribution >= 4 is 0 Å². The van der Waals surface area contributed by atoms with Gasteiger partial charge in [0.25, 0.3) is 0 Å². The van der Waals surface area contributed by atoms with Crippen molar-refractivity contribution in [3.05, 3.63) is 23.8 Å². The molecule has 0 spiro atoms. The van der Waals surface area contributed by atoms with Crippen molar-refractivity contribution in [2.75, 3.05) is 20.5 Å². The normalized spacial score (nSPS) is 15.1. The summed E-state index contributed by atoms with van der Waals surface area (Å²) >= 11 is 0. The molecule has 0 aromatic heterocycles. The van der Waals surface area contributed by atoms with Crippen LogP contribution in [0, 0.1) is 0 Å². The zero-order valence-corrected chi connectivity index (χ0v) is 9.31. The first kappa shape index (κ1) is 11.2. The number of rotatable bonds is 5. The Kier molecular flexibility index (Phi) is 3.64. The van der Waals surface area contributed by atoms with Crippen LogP contribution in [0.5, 0.6) is 11.5 Å². The van der Waals surface area contributed by atoms with Gasteiger partial charge in [0.15, 0.2) is 11.5 Å². The standard InChI is InChI=1S/C12H16O4/c1-14-10(4-5-13)6-9-2-3-11-12(7-9)16-8-15-11/h2-3,7,10,13H,4-6,8H2,1H3.